The number of nitrogens with zero attached hydrogens (tertiary/aromatic N) is 1. The third-order valence-electron chi connectivity index (χ3n) is 4.34. The van der Waals surface area contributed by atoms with E-state index in [1.807, 2.05) is 6.92 Å². The number of rotatable bonds is 5. The molecule has 2 aliphatic rings. The maximum absolute atomic E-state index is 12.4. The number of hydrogen-bond donors (Lipinski definition) is 1. The molecule has 1 saturated carbocycles. The van der Waals surface area contributed by atoms with Crippen LogP contribution >= 0.6 is 0 Å². The number of amides is 2. The van der Waals surface area contributed by atoms with Gasteiger partial charge in [-0.05, 0) is 19.8 Å². The van der Waals surface area contributed by atoms with Crippen molar-refractivity contribution in [1.82, 2.24) is 10.2 Å². The van der Waals surface area contributed by atoms with Gasteiger partial charge in [0.15, 0.2) is 0 Å². The van der Waals surface area contributed by atoms with Gasteiger partial charge in [0.05, 0.1) is 12.5 Å². The van der Waals surface area contributed by atoms with Crippen molar-refractivity contribution >= 4 is 22.6 Å². The SMILES string of the molecule is CC(CNC1CC(=O)N(C2CCCCC2)C1=O)S(C)=O. The summed E-state index contributed by atoms with van der Waals surface area (Å²) in [6, 6.07) is -0.316. The Morgan fingerprint density at radius 1 is 1.30 bits per heavy atom. The lowest BCUT2D eigenvalue weighted by molar-refractivity contribution is -0.142. The second-order valence-electron chi connectivity index (χ2n) is 5.87. The first-order valence-corrected chi connectivity index (χ1v) is 9.04. The average molecular weight is 300 g/mol. The number of likely N-dealkylation sites (tertiary alicyclic amines) is 1. The third kappa shape index (κ3) is 3.47. The molecule has 114 valence electrons. The molecule has 1 saturated heterocycles. The first kappa shape index (κ1) is 15.6. The zero-order chi connectivity index (χ0) is 14.7. The Labute approximate surface area is 122 Å². The number of carbonyl (C=O) groups excluding carboxylic acids is 2. The Hall–Kier alpha value is -0.750. The lowest BCUT2D eigenvalue weighted by Gasteiger charge is -2.29. The van der Waals surface area contributed by atoms with Crippen LogP contribution in [-0.4, -0.2) is 51.1 Å². The second-order valence-corrected chi connectivity index (χ2v) is 7.67. The number of imide groups is 1. The first-order valence-electron chi connectivity index (χ1n) is 7.42. The molecule has 0 aromatic heterocycles. The van der Waals surface area contributed by atoms with Crippen molar-refractivity contribution in [2.45, 2.75) is 62.8 Å². The van der Waals surface area contributed by atoms with Crippen LogP contribution in [0.15, 0.2) is 0 Å². The van der Waals surface area contributed by atoms with Gasteiger partial charge in [0, 0.05) is 34.9 Å². The summed E-state index contributed by atoms with van der Waals surface area (Å²) in [6.07, 6.45) is 7.20. The summed E-state index contributed by atoms with van der Waals surface area (Å²) in [5.74, 6) is -0.138. The summed E-state index contributed by atoms with van der Waals surface area (Å²) in [5, 5.41) is 3.09. The van der Waals surface area contributed by atoms with Crippen LogP contribution in [0.3, 0.4) is 0 Å². The number of carbonyl (C=O) groups is 2. The molecule has 0 radical (unpaired) electrons. The minimum absolute atomic E-state index is 0.0124. The quantitative estimate of drug-likeness (QED) is 0.763. The van der Waals surface area contributed by atoms with Gasteiger partial charge in [-0.3, -0.25) is 18.7 Å². The molecule has 1 aliphatic heterocycles. The van der Waals surface area contributed by atoms with E-state index < -0.39 is 16.8 Å². The Balaban J connectivity index is 1.92. The van der Waals surface area contributed by atoms with Crippen molar-refractivity contribution < 1.29 is 13.8 Å². The topological polar surface area (TPSA) is 66.5 Å². The average Bonchev–Trinajstić information content (AvgIpc) is 2.71. The van der Waals surface area contributed by atoms with Crippen LogP contribution in [0.1, 0.15) is 45.4 Å². The van der Waals surface area contributed by atoms with Gasteiger partial charge in [0.2, 0.25) is 11.8 Å². The fraction of sp³-hybridized carbons (Fsp3) is 0.857. The maximum atomic E-state index is 12.4. The van der Waals surface area contributed by atoms with Crippen molar-refractivity contribution in [2.24, 2.45) is 0 Å². The van der Waals surface area contributed by atoms with Gasteiger partial charge in [-0.25, -0.2) is 0 Å². The van der Waals surface area contributed by atoms with Crippen molar-refractivity contribution in [3.63, 3.8) is 0 Å². The van der Waals surface area contributed by atoms with E-state index in [1.54, 1.807) is 6.26 Å². The van der Waals surface area contributed by atoms with E-state index in [2.05, 4.69) is 5.32 Å². The molecule has 2 fully saturated rings. The summed E-state index contributed by atoms with van der Waals surface area (Å²) >= 11 is 0. The molecule has 1 heterocycles. The van der Waals surface area contributed by atoms with E-state index in [9.17, 15) is 13.8 Å². The largest absolute Gasteiger partial charge is 0.304 e. The fourth-order valence-corrected chi connectivity index (χ4v) is 3.29. The summed E-state index contributed by atoms with van der Waals surface area (Å²) in [6.45, 7) is 2.38. The molecule has 1 aliphatic carbocycles. The smallest absolute Gasteiger partial charge is 0.247 e. The molecule has 1 N–H and O–H groups in total. The molecule has 2 amide bonds. The molecular formula is C14H24N2O3S. The second kappa shape index (κ2) is 6.80. The standard InChI is InChI=1S/C14H24N2O3S/c1-10(20(2)19)9-15-12-8-13(17)16(14(12)18)11-6-4-3-5-7-11/h10-12,15H,3-9H2,1-2H3. The van der Waals surface area contributed by atoms with Crippen LogP contribution in [0.5, 0.6) is 0 Å². The number of nitrogens with one attached hydrogen (secondary N) is 1. The number of hydrogen-bond acceptors (Lipinski definition) is 4. The molecule has 2 rings (SSSR count). The van der Waals surface area contributed by atoms with Crippen LogP contribution in [-0.2, 0) is 20.4 Å². The lowest BCUT2D eigenvalue weighted by Crippen LogP contribution is -2.46. The highest BCUT2D eigenvalue weighted by atomic mass is 32.2. The zero-order valence-electron chi connectivity index (χ0n) is 12.3. The Bertz CT molecular complexity index is 407. The van der Waals surface area contributed by atoms with Gasteiger partial charge in [0.25, 0.3) is 0 Å². The van der Waals surface area contributed by atoms with Crippen LogP contribution in [0.4, 0.5) is 0 Å². The van der Waals surface area contributed by atoms with E-state index >= 15 is 0 Å². The van der Waals surface area contributed by atoms with E-state index in [-0.39, 0.29) is 29.5 Å². The van der Waals surface area contributed by atoms with Crippen molar-refractivity contribution in [3.05, 3.63) is 0 Å². The molecular weight excluding hydrogens is 276 g/mol. The van der Waals surface area contributed by atoms with Gasteiger partial charge >= 0.3 is 0 Å². The molecule has 3 unspecified atom stereocenters. The van der Waals surface area contributed by atoms with Crippen LogP contribution in [0.2, 0.25) is 0 Å². The summed E-state index contributed by atoms with van der Waals surface area (Å²) in [4.78, 5) is 25.9. The summed E-state index contributed by atoms with van der Waals surface area (Å²) in [5.41, 5.74) is 0. The molecule has 6 heteroatoms. The van der Waals surface area contributed by atoms with Crippen LogP contribution in [0.25, 0.3) is 0 Å². The Morgan fingerprint density at radius 2 is 1.95 bits per heavy atom. The third-order valence-corrected chi connectivity index (χ3v) is 5.64. The minimum atomic E-state index is -0.916. The minimum Gasteiger partial charge on any atom is -0.304 e. The summed E-state index contributed by atoms with van der Waals surface area (Å²) in [7, 11) is -0.916. The van der Waals surface area contributed by atoms with Gasteiger partial charge in [0.1, 0.15) is 0 Å². The van der Waals surface area contributed by atoms with E-state index in [0.717, 1.165) is 25.7 Å². The summed E-state index contributed by atoms with van der Waals surface area (Å²) < 4.78 is 11.3. The molecule has 3 atom stereocenters. The normalized spacial score (nSPS) is 27.9. The maximum Gasteiger partial charge on any atom is 0.247 e. The predicted molar refractivity (Wildman–Crippen MR) is 78.7 cm³/mol. The van der Waals surface area contributed by atoms with Gasteiger partial charge < -0.3 is 5.32 Å². The molecule has 20 heavy (non-hydrogen) atoms. The Morgan fingerprint density at radius 3 is 2.55 bits per heavy atom. The molecule has 0 spiro atoms. The van der Waals surface area contributed by atoms with Gasteiger partial charge in [-0.2, -0.15) is 0 Å². The van der Waals surface area contributed by atoms with Crippen molar-refractivity contribution in [2.75, 3.05) is 12.8 Å². The zero-order valence-corrected chi connectivity index (χ0v) is 13.1. The van der Waals surface area contributed by atoms with Crippen LogP contribution < -0.4 is 5.32 Å². The fourth-order valence-electron chi connectivity index (χ4n) is 2.96. The van der Waals surface area contributed by atoms with Crippen molar-refractivity contribution in [3.8, 4) is 0 Å². The van der Waals surface area contributed by atoms with E-state index in [0.29, 0.717) is 6.54 Å². The van der Waals surface area contributed by atoms with Crippen molar-refractivity contribution in [1.29, 1.82) is 0 Å². The van der Waals surface area contributed by atoms with Gasteiger partial charge in [-0.15, -0.1) is 0 Å². The molecule has 0 aromatic rings. The van der Waals surface area contributed by atoms with E-state index in [1.165, 1.54) is 11.3 Å². The van der Waals surface area contributed by atoms with Gasteiger partial charge in [-0.1, -0.05) is 19.3 Å². The predicted octanol–water partition coefficient (Wildman–Crippen LogP) is 0.803. The highest BCUT2D eigenvalue weighted by Gasteiger charge is 2.42. The highest BCUT2D eigenvalue weighted by molar-refractivity contribution is 7.84. The molecule has 5 nitrogen and oxygen atoms in total. The molecule has 0 bridgehead atoms. The lowest BCUT2D eigenvalue weighted by atomic mass is 9.94. The first-order chi connectivity index (χ1) is 9.50. The molecule has 0 aromatic carbocycles. The highest BCUT2D eigenvalue weighted by Crippen LogP contribution is 2.27. The Kier molecular flexibility index (Phi) is 5.32. The monoisotopic (exact) mass is 300 g/mol. The van der Waals surface area contributed by atoms with Crippen LogP contribution in [0, 0.1) is 0 Å². The van der Waals surface area contributed by atoms with E-state index in [4.69, 9.17) is 0 Å².